The number of carbonyl (C=O) groups is 1. The third kappa shape index (κ3) is 30.3. The molecule has 49 heavy (non-hydrogen) atoms. The standard InChI is InChI=1S/C46H90N2O/c1-9-12-15-22-28-35-43(5)48(47(7)8)46(40-33-26-21-19-24-29-36-44(6)49)39-32-25-20-18-23-27-34-42(4)41-45(37-30-16-13-10-2)38-31-17-14-11-3/h45-46H,4-5,9-41H2,1-3,6-8H3. The SMILES string of the molecule is C=C(CCCCCCCCC(CCCCCCCCC(C)=O)N(C(=C)CCCCCCC)N(C)C)CC(CCCCCC)CCCCCC. The van der Waals surface area contributed by atoms with Crippen LogP contribution in [0.15, 0.2) is 24.4 Å². The zero-order valence-corrected chi connectivity index (χ0v) is 34.7. The van der Waals surface area contributed by atoms with Crippen LogP contribution in [-0.4, -0.2) is 35.9 Å². The van der Waals surface area contributed by atoms with Crippen LogP contribution < -0.4 is 0 Å². The fourth-order valence-electron chi connectivity index (χ4n) is 7.81. The summed E-state index contributed by atoms with van der Waals surface area (Å²) in [5.41, 5.74) is 2.85. The summed E-state index contributed by atoms with van der Waals surface area (Å²) in [5, 5.41) is 4.90. The topological polar surface area (TPSA) is 23.6 Å². The first-order valence-corrected chi connectivity index (χ1v) is 22.1. The predicted octanol–water partition coefficient (Wildman–Crippen LogP) is 15.3. The van der Waals surface area contributed by atoms with E-state index < -0.39 is 0 Å². The van der Waals surface area contributed by atoms with Gasteiger partial charge in [-0.3, -0.25) is 0 Å². The van der Waals surface area contributed by atoms with Gasteiger partial charge < -0.3 is 9.80 Å². The Morgan fingerprint density at radius 3 is 1.31 bits per heavy atom. The molecule has 0 bridgehead atoms. The van der Waals surface area contributed by atoms with Crippen molar-refractivity contribution >= 4 is 5.78 Å². The van der Waals surface area contributed by atoms with Crippen LogP contribution in [0.4, 0.5) is 0 Å². The second kappa shape index (κ2) is 35.3. The molecular formula is C46H90N2O. The molecule has 0 amide bonds. The summed E-state index contributed by atoms with van der Waals surface area (Å²) >= 11 is 0. The fourth-order valence-corrected chi connectivity index (χ4v) is 7.81. The molecule has 290 valence electrons. The molecule has 0 spiro atoms. The maximum absolute atomic E-state index is 11.2. The highest BCUT2D eigenvalue weighted by molar-refractivity contribution is 5.75. The van der Waals surface area contributed by atoms with E-state index >= 15 is 0 Å². The number of hydrazine groups is 1. The highest BCUT2D eigenvalue weighted by Crippen LogP contribution is 2.28. The number of carbonyl (C=O) groups excluding carboxylic acids is 1. The molecule has 0 heterocycles. The van der Waals surface area contributed by atoms with Crippen molar-refractivity contribution in [1.82, 2.24) is 10.0 Å². The van der Waals surface area contributed by atoms with Crippen molar-refractivity contribution in [3.63, 3.8) is 0 Å². The van der Waals surface area contributed by atoms with Gasteiger partial charge in [-0.2, -0.15) is 0 Å². The van der Waals surface area contributed by atoms with Crippen molar-refractivity contribution in [2.45, 2.75) is 246 Å². The van der Waals surface area contributed by atoms with Gasteiger partial charge in [0.05, 0.1) is 0 Å². The number of ketones is 1. The summed E-state index contributed by atoms with van der Waals surface area (Å²) in [6, 6.07) is 0.566. The van der Waals surface area contributed by atoms with Crippen molar-refractivity contribution < 1.29 is 4.79 Å². The molecule has 0 saturated carbocycles. The molecule has 0 radical (unpaired) electrons. The number of allylic oxidation sites excluding steroid dienone is 2. The molecule has 1 atom stereocenters. The largest absolute Gasteiger partial charge is 0.308 e. The van der Waals surface area contributed by atoms with Crippen LogP contribution in [0.3, 0.4) is 0 Å². The van der Waals surface area contributed by atoms with E-state index in [1.165, 1.54) is 204 Å². The van der Waals surface area contributed by atoms with Crippen LogP contribution >= 0.6 is 0 Å². The van der Waals surface area contributed by atoms with Crippen LogP contribution in [0.2, 0.25) is 0 Å². The molecule has 0 aliphatic heterocycles. The first-order valence-electron chi connectivity index (χ1n) is 22.1. The van der Waals surface area contributed by atoms with Gasteiger partial charge in [0.15, 0.2) is 0 Å². The third-order valence-corrected chi connectivity index (χ3v) is 10.8. The average Bonchev–Trinajstić information content (AvgIpc) is 3.06. The van der Waals surface area contributed by atoms with Gasteiger partial charge in [0.2, 0.25) is 0 Å². The number of unbranched alkanes of at least 4 members (excludes halogenated alkanes) is 20. The molecule has 1 unspecified atom stereocenters. The molecule has 0 aromatic heterocycles. The van der Waals surface area contributed by atoms with Gasteiger partial charge in [0.1, 0.15) is 5.78 Å². The average molecular weight is 687 g/mol. The summed E-state index contributed by atoms with van der Waals surface area (Å²) in [7, 11) is 4.44. The predicted molar refractivity (Wildman–Crippen MR) is 221 cm³/mol. The van der Waals surface area contributed by atoms with Crippen LogP contribution in [0, 0.1) is 5.92 Å². The highest BCUT2D eigenvalue weighted by atomic mass is 16.1. The Bertz CT molecular complexity index is 746. The second-order valence-electron chi connectivity index (χ2n) is 16.1. The Hall–Kier alpha value is -1.09. The summed E-state index contributed by atoms with van der Waals surface area (Å²) < 4.78 is 0. The van der Waals surface area contributed by atoms with Crippen LogP contribution in [-0.2, 0) is 4.79 Å². The maximum Gasteiger partial charge on any atom is 0.129 e. The summed E-state index contributed by atoms with van der Waals surface area (Å²) in [5.74, 6) is 1.22. The lowest BCUT2D eigenvalue weighted by Gasteiger charge is -2.40. The molecule has 0 aromatic rings. The van der Waals surface area contributed by atoms with E-state index in [9.17, 15) is 4.79 Å². The lowest BCUT2D eigenvalue weighted by Crippen LogP contribution is -2.44. The summed E-state index contributed by atoms with van der Waals surface area (Å²) in [6.07, 6.45) is 43.1. The Morgan fingerprint density at radius 2 is 0.857 bits per heavy atom. The zero-order chi connectivity index (χ0) is 36.4. The lowest BCUT2D eigenvalue weighted by atomic mass is 9.87. The van der Waals surface area contributed by atoms with E-state index in [4.69, 9.17) is 0 Å². The van der Waals surface area contributed by atoms with E-state index in [1.807, 2.05) is 0 Å². The quantitative estimate of drug-likeness (QED) is 0.0365. The maximum atomic E-state index is 11.2. The van der Waals surface area contributed by atoms with E-state index in [0.717, 1.165) is 25.2 Å². The molecular weight excluding hydrogens is 597 g/mol. The van der Waals surface area contributed by atoms with Crippen molar-refractivity contribution in [3.05, 3.63) is 24.4 Å². The van der Waals surface area contributed by atoms with Crippen LogP contribution in [0.1, 0.15) is 240 Å². The van der Waals surface area contributed by atoms with Crippen molar-refractivity contribution in [2.24, 2.45) is 5.92 Å². The van der Waals surface area contributed by atoms with Gasteiger partial charge in [-0.25, -0.2) is 5.01 Å². The van der Waals surface area contributed by atoms with Gasteiger partial charge in [0.25, 0.3) is 0 Å². The van der Waals surface area contributed by atoms with E-state index in [1.54, 1.807) is 6.92 Å². The minimum atomic E-state index is 0.336. The Balaban J connectivity index is 4.65. The lowest BCUT2D eigenvalue weighted by molar-refractivity contribution is -0.117. The van der Waals surface area contributed by atoms with Gasteiger partial charge in [0, 0.05) is 32.3 Å². The van der Waals surface area contributed by atoms with Gasteiger partial charge in [-0.05, 0) is 64.2 Å². The Morgan fingerprint density at radius 1 is 0.490 bits per heavy atom. The minimum Gasteiger partial charge on any atom is -0.308 e. The van der Waals surface area contributed by atoms with Crippen LogP contribution in [0.5, 0.6) is 0 Å². The van der Waals surface area contributed by atoms with E-state index in [2.05, 4.69) is 58.0 Å². The van der Waals surface area contributed by atoms with E-state index in [0.29, 0.717) is 11.8 Å². The molecule has 0 aromatic carbocycles. The normalized spacial score (nSPS) is 12.2. The Labute approximate surface area is 309 Å². The van der Waals surface area contributed by atoms with Gasteiger partial charge >= 0.3 is 0 Å². The summed E-state index contributed by atoms with van der Waals surface area (Å²) in [6.45, 7) is 17.8. The molecule has 3 heteroatoms. The fraction of sp³-hybridized carbons (Fsp3) is 0.891. The minimum absolute atomic E-state index is 0.336. The molecule has 0 aliphatic rings. The monoisotopic (exact) mass is 687 g/mol. The third-order valence-electron chi connectivity index (χ3n) is 10.8. The number of nitrogens with zero attached hydrogens (tertiary/aromatic N) is 2. The number of Topliss-reactive ketones (excluding diaryl/α,β-unsaturated/α-hetero) is 1. The van der Waals surface area contributed by atoms with Crippen molar-refractivity contribution in [1.29, 1.82) is 0 Å². The van der Waals surface area contributed by atoms with Gasteiger partial charge in [-0.15, -0.1) is 0 Å². The molecule has 0 N–H and O–H groups in total. The van der Waals surface area contributed by atoms with Crippen LogP contribution in [0.25, 0.3) is 0 Å². The molecule has 0 saturated heterocycles. The van der Waals surface area contributed by atoms with Crippen molar-refractivity contribution in [2.75, 3.05) is 14.1 Å². The van der Waals surface area contributed by atoms with Crippen molar-refractivity contribution in [3.8, 4) is 0 Å². The Kier molecular flexibility index (Phi) is 34.5. The first-order chi connectivity index (χ1) is 23.8. The number of rotatable bonds is 39. The summed E-state index contributed by atoms with van der Waals surface area (Å²) in [4.78, 5) is 11.2. The number of hydrogen-bond acceptors (Lipinski definition) is 3. The number of hydrogen-bond donors (Lipinski definition) is 0. The smallest absolute Gasteiger partial charge is 0.129 e. The van der Waals surface area contributed by atoms with Gasteiger partial charge in [-0.1, -0.05) is 194 Å². The first kappa shape index (κ1) is 47.9. The second-order valence-corrected chi connectivity index (χ2v) is 16.1. The molecule has 3 nitrogen and oxygen atoms in total. The van der Waals surface area contributed by atoms with E-state index in [-0.39, 0.29) is 0 Å². The molecule has 0 rings (SSSR count). The highest BCUT2D eigenvalue weighted by Gasteiger charge is 2.21. The molecule has 0 fully saturated rings. The molecule has 0 aliphatic carbocycles. The zero-order valence-electron chi connectivity index (χ0n) is 34.7.